The lowest BCUT2D eigenvalue weighted by molar-refractivity contribution is -0.121. The van der Waals surface area contributed by atoms with Crippen molar-refractivity contribution >= 4 is 17.4 Å². The van der Waals surface area contributed by atoms with Gasteiger partial charge in [-0.1, -0.05) is 41.6 Å². The number of nitrogens with two attached hydrogens (primary N) is 1. The molecule has 2 heterocycles. The summed E-state index contributed by atoms with van der Waals surface area (Å²) in [5.41, 5.74) is 7.29. The molecule has 0 fully saturated rings. The van der Waals surface area contributed by atoms with Gasteiger partial charge in [0.25, 0.3) is 0 Å². The Morgan fingerprint density at radius 1 is 1.22 bits per heavy atom. The summed E-state index contributed by atoms with van der Waals surface area (Å²) in [6.45, 7) is 0.297. The Morgan fingerprint density at radius 3 is 2.70 bits per heavy atom. The summed E-state index contributed by atoms with van der Waals surface area (Å²) in [5, 5.41) is 11.8. The molecule has 2 aliphatic rings. The molecule has 0 bridgehead atoms. The summed E-state index contributed by atoms with van der Waals surface area (Å²) in [5.74, 6) is 0.592. The van der Waals surface area contributed by atoms with Crippen LogP contribution in [-0.2, 0) is 10.2 Å². The predicted octanol–water partition coefficient (Wildman–Crippen LogP) is 1.46. The van der Waals surface area contributed by atoms with E-state index in [1.54, 1.807) is 4.90 Å². The molecule has 0 saturated carbocycles. The highest BCUT2D eigenvalue weighted by atomic mass is 16.5. The zero-order valence-electron chi connectivity index (χ0n) is 12.3. The topological polar surface area (TPSA) is 88.2 Å². The van der Waals surface area contributed by atoms with E-state index in [4.69, 9.17) is 15.7 Å². The molecule has 1 amide bonds. The molecule has 6 heteroatoms. The summed E-state index contributed by atoms with van der Waals surface area (Å²) in [6, 6.07) is 15.2. The van der Waals surface area contributed by atoms with Gasteiger partial charge in [0, 0.05) is 11.3 Å². The van der Waals surface area contributed by atoms with E-state index >= 15 is 0 Å². The van der Waals surface area contributed by atoms with E-state index in [-0.39, 0.29) is 24.9 Å². The molecule has 0 radical (unpaired) electrons. The first-order valence-corrected chi connectivity index (χ1v) is 7.28. The van der Waals surface area contributed by atoms with Crippen molar-refractivity contribution < 1.29 is 14.7 Å². The van der Waals surface area contributed by atoms with E-state index in [2.05, 4.69) is 5.16 Å². The van der Waals surface area contributed by atoms with Crippen LogP contribution < -0.4 is 15.4 Å². The Labute approximate surface area is 132 Å². The molecule has 3 N–H and O–H groups in total. The molecule has 2 aromatic rings. The number of fused-ring (bicyclic) bond motifs is 4. The van der Waals surface area contributed by atoms with Crippen LogP contribution in [-0.4, -0.2) is 30.1 Å². The lowest BCUT2D eigenvalue weighted by atomic mass is 9.77. The quantitative estimate of drug-likeness (QED) is 0.380. The highest BCUT2D eigenvalue weighted by Gasteiger charge is 2.56. The zero-order chi connectivity index (χ0) is 16.0. The first kappa shape index (κ1) is 13.6. The summed E-state index contributed by atoms with van der Waals surface area (Å²) in [4.78, 5) is 14.8. The summed E-state index contributed by atoms with van der Waals surface area (Å²) >= 11 is 0. The van der Waals surface area contributed by atoms with Crippen molar-refractivity contribution in [1.82, 2.24) is 0 Å². The van der Waals surface area contributed by atoms with Crippen molar-refractivity contribution in [2.45, 2.75) is 5.41 Å². The minimum atomic E-state index is -0.858. The number of hydrogen-bond donors (Lipinski definition) is 2. The average Bonchev–Trinajstić information content (AvgIpc) is 3.09. The molecule has 4 rings (SSSR count). The van der Waals surface area contributed by atoms with E-state index in [1.165, 1.54) is 0 Å². The number of carbonyl (C=O) groups is 1. The van der Waals surface area contributed by atoms with Gasteiger partial charge in [0.05, 0.1) is 6.54 Å². The molecule has 0 aliphatic carbocycles. The molecule has 1 unspecified atom stereocenters. The summed E-state index contributed by atoms with van der Waals surface area (Å²) < 4.78 is 5.78. The highest BCUT2D eigenvalue weighted by Crippen LogP contribution is 2.51. The number of ether oxygens (including phenoxy) is 1. The van der Waals surface area contributed by atoms with Crippen molar-refractivity contribution in [3.05, 3.63) is 59.7 Å². The average molecular weight is 309 g/mol. The molecular weight excluding hydrogens is 294 g/mol. The molecule has 116 valence electrons. The van der Waals surface area contributed by atoms with Crippen LogP contribution >= 0.6 is 0 Å². The van der Waals surface area contributed by atoms with Gasteiger partial charge in [0.15, 0.2) is 5.84 Å². The van der Waals surface area contributed by atoms with Crippen molar-refractivity contribution in [3.63, 3.8) is 0 Å². The van der Waals surface area contributed by atoms with E-state index in [1.807, 2.05) is 48.5 Å². The predicted molar refractivity (Wildman–Crippen MR) is 84.9 cm³/mol. The first-order chi connectivity index (χ1) is 11.2. The number of benzene rings is 2. The van der Waals surface area contributed by atoms with Crippen molar-refractivity contribution in [2.24, 2.45) is 10.9 Å². The third-order valence-electron chi connectivity index (χ3n) is 4.50. The van der Waals surface area contributed by atoms with Gasteiger partial charge in [-0.15, -0.1) is 0 Å². The maximum atomic E-state index is 13.3. The molecule has 2 aliphatic heterocycles. The highest BCUT2D eigenvalue weighted by molar-refractivity contribution is 6.13. The van der Waals surface area contributed by atoms with Crippen LogP contribution in [0.5, 0.6) is 5.75 Å². The number of amides is 1. The zero-order valence-corrected chi connectivity index (χ0v) is 12.3. The Balaban J connectivity index is 1.92. The number of hydrogen-bond acceptors (Lipinski definition) is 4. The summed E-state index contributed by atoms with van der Waals surface area (Å²) in [7, 11) is 0. The van der Waals surface area contributed by atoms with E-state index in [0.29, 0.717) is 0 Å². The van der Waals surface area contributed by atoms with Gasteiger partial charge in [0.1, 0.15) is 17.8 Å². The SMILES string of the molecule is N/C(CN1C(=O)C2(COc3ccccc32)c2ccccc21)=N/O. The second-order valence-electron chi connectivity index (χ2n) is 5.69. The van der Waals surface area contributed by atoms with Crippen LogP contribution in [0.1, 0.15) is 11.1 Å². The van der Waals surface area contributed by atoms with Crippen LogP contribution in [0.2, 0.25) is 0 Å². The molecule has 2 aromatic carbocycles. The number of carbonyl (C=O) groups excluding carboxylic acids is 1. The van der Waals surface area contributed by atoms with Crippen LogP contribution in [0, 0.1) is 0 Å². The molecule has 0 aromatic heterocycles. The van der Waals surface area contributed by atoms with Crippen molar-refractivity contribution in [2.75, 3.05) is 18.1 Å². The van der Waals surface area contributed by atoms with Crippen LogP contribution in [0.15, 0.2) is 53.7 Å². The Kier molecular flexibility index (Phi) is 2.81. The number of anilines is 1. The maximum Gasteiger partial charge on any atom is 0.246 e. The number of oxime groups is 1. The summed E-state index contributed by atoms with van der Waals surface area (Å²) in [6.07, 6.45) is 0. The minimum absolute atomic E-state index is 0.0163. The van der Waals surface area contributed by atoms with Gasteiger partial charge in [-0.05, 0) is 17.7 Å². The lowest BCUT2D eigenvalue weighted by Gasteiger charge is -2.22. The van der Waals surface area contributed by atoms with E-state index in [9.17, 15) is 4.79 Å². The fourth-order valence-corrected chi connectivity index (χ4v) is 3.48. The Morgan fingerprint density at radius 2 is 1.91 bits per heavy atom. The maximum absolute atomic E-state index is 13.3. The minimum Gasteiger partial charge on any atom is -0.491 e. The van der Waals surface area contributed by atoms with Gasteiger partial charge >= 0.3 is 0 Å². The smallest absolute Gasteiger partial charge is 0.246 e. The van der Waals surface area contributed by atoms with Gasteiger partial charge in [-0.2, -0.15) is 0 Å². The monoisotopic (exact) mass is 309 g/mol. The van der Waals surface area contributed by atoms with E-state index in [0.717, 1.165) is 22.6 Å². The second-order valence-corrected chi connectivity index (χ2v) is 5.69. The Hall–Kier alpha value is -3.02. The number of para-hydroxylation sites is 2. The third-order valence-corrected chi connectivity index (χ3v) is 4.50. The van der Waals surface area contributed by atoms with Gasteiger partial charge in [-0.3, -0.25) is 4.79 Å². The fraction of sp³-hybridized carbons (Fsp3) is 0.176. The molecule has 0 saturated heterocycles. The molecule has 1 spiro atoms. The number of rotatable bonds is 2. The third kappa shape index (κ3) is 1.69. The fourth-order valence-electron chi connectivity index (χ4n) is 3.48. The standard InChI is InChI=1S/C17H15N3O3/c18-15(19-22)9-20-13-7-3-1-5-11(13)17(16(20)21)10-23-14-8-4-2-6-12(14)17/h1-8,22H,9-10H2,(H2,18,19). The van der Waals surface area contributed by atoms with Crippen LogP contribution in [0.4, 0.5) is 5.69 Å². The Bertz CT molecular complexity index is 833. The van der Waals surface area contributed by atoms with Gasteiger partial charge in [-0.25, -0.2) is 0 Å². The largest absolute Gasteiger partial charge is 0.491 e. The van der Waals surface area contributed by atoms with Gasteiger partial charge in [0.2, 0.25) is 5.91 Å². The molecule has 6 nitrogen and oxygen atoms in total. The molecule has 1 atom stereocenters. The van der Waals surface area contributed by atoms with Crippen molar-refractivity contribution in [3.8, 4) is 5.75 Å². The lowest BCUT2D eigenvalue weighted by Crippen LogP contribution is -2.45. The number of amidine groups is 1. The second kappa shape index (κ2) is 4.74. The van der Waals surface area contributed by atoms with Gasteiger partial charge < -0.3 is 20.6 Å². The van der Waals surface area contributed by atoms with Crippen LogP contribution in [0.3, 0.4) is 0 Å². The van der Waals surface area contributed by atoms with Crippen molar-refractivity contribution in [1.29, 1.82) is 0 Å². The molecule has 23 heavy (non-hydrogen) atoms. The van der Waals surface area contributed by atoms with E-state index < -0.39 is 5.41 Å². The van der Waals surface area contributed by atoms with Crippen LogP contribution in [0.25, 0.3) is 0 Å². The molecular formula is C17H15N3O3. The normalized spacial score (nSPS) is 22.2. The number of nitrogens with zero attached hydrogens (tertiary/aromatic N) is 2. The first-order valence-electron chi connectivity index (χ1n) is 7.28.